The smallest absolute Gasteiger partial charge is 0.326 e. The van der Waals surface area contributed by atoms with E-state index in [9.17, 15) is 14.4 Å². The summed E-state index contributed by atoms with van der Waals surface area (Å²) in [6.07, 6.45) is 0. The van der Waals surface area contributed by atoms with Crippen LogP contribution in [0.1, 0.15) is 25.5 Å². The average Bonchev–Trinajstić information content (AvgIpc) is 3.08. The first-order chi connectivity index (χ1) is 11.9. The van der Waals surface area contributed by atoms with Crippen LogP contribution in [0.5, 0.6) is 5.75 Å². The number of hydrogen-bond donors (Lipinski definition) is 1. The van der Waals surface area contributed by atoms with Crippen molar-refractivity contribution in [1.82, 2.24) is 10.2 Å². The Morgan fingerprint density at radius 2 is 1.92 bits per heavy atom. The molecule has 0 unspecified atom stereocenters. The van der Waals surface area contributed by atoms with Crippen LogP contribution in [-0.4, -0.2) is 49.0 Å². The van der Waals surface area contributed by atoms with Crippen molar-refractivity contribution >= 4 is 17.8 Å². The topological polar surface area (TPSA) is 84.9 Å². The van der Waals surface area contributed by atoms with Crippen molar-refractivity contribution in [2.75, 3.05) is 20.8 Å². The first-order valence-corrected chi connectivity index (χ1v) is 8.25. The van der Waals surface area contributed by atoms with E-state index in [4.69, 9.17) is 9.47 Å². The second kappa shape index (κ2) is 6.15. The lowest BCUT2D eigenvalue weighted by molar-refractivity contribution is -0.153. The first kappa shape index (κ1) is 17.4. The molecule has 0 saturated carbocycles. The molecular formula is C18H22N2O5. The van der Waals surface area contributed by atoms with Crippen molar-refractivity contribution in [2.24, 2.45) is 11.8 Å². The second-order valence-electron chi connectivity index (χ2n) is 6.48. The zero-order valence-electron chi connectivity index (χ0n) is 14.7. The van der Waals surface area contributed by atoms with E-state index >= 15 is 0 Å². The molecule has 4 atom stereocenters. The van der Waals surface area contributed by atoms with Crippen LogP contribution in [0.15, 0.2) is 24.3 Å². The van der Waals surface area contributed by atoms with Crippen LogP contribution in [0.2, 0.25) is 0 Å². The van der Waals surface area contributed by atoms with Gasteiger partial charge in [0.2, 0.25) is 11.8 Å². The fourth-order valence-electron chi connectivity index (χ4n) is 4.10. The van der Waals surface area contributed by atoms with Crippen LogP contribution in [0, 0.1) is 11.8 Å². The molecule has 3 rings (SSSR count). The molecule has 0 aliphatic carbocycles. The number of carbonyl (C=O) groups is 3. The standard InChI is InChI=1S/C18H22N2O5/c1-5-20-15(21)12-13(16(20)22)18(2,17(23)25-4)19-14(12)10-8-6-7-9-11(10)24-3/h6-9,12-14,19H,5H2,1-4H3/t12-,13+,14-,18-/m1/s1. The molecule has 134 valence electrons. The Balaban J connectivity index is 2.14. The minimum absolute atomic E-state index is 0.270. The molecule has 7 heteroatoms. The van der Waals surface area contributed by atoms with Crippen molar-refractivity contribution in [1.29, 1.82) is 0 Å². The maximum absolute atomic E-state index is 12.9. The number of nitrogens with zero attached hydrogens (tertiary/aromatic N) is 1. The Kier molecular flexibility index (Phi) is 4.28. The van der Waals surface area contributed by atoms with Crippen LogP contribution >= 0.6 is 0 Å². The van der Waals surface area contributed by atoms with E-state index in [1.54, 1.807) is 27.0 Å². The zero-order valence-corrected chi connectivity index (χ0v) is 14.7. The molecule has 2 fully saturated rings. The monoisotopic (exact) mass is 346 g/mol. The first-order valence-electron chi connectivity index (χ1n) is 8.25. The molecule has 1 aromatic carbocycles. The van der Waals surface area contributed by atoms with Gasteiger partial charge in [-0.15, -0.1) is 0 Å². The summed E-state index contributed by atoms with van der Waals surface area (Å²) in [4.78, 5) is 39.4. The Labute approximate surface area is 146 Å². The number of hydrogen-bond acceptors (Lipinski definition) is 6. The van der Waals surface area contributed by atoms with Gasteiger partial charge in [-0.05, 0) is 19.9 Å². The zero-order chi connectivity index (χ0) is 18.4. The quantitative estimate of drug-likeness (QED) is 0.644. The minimum Gasteiger partial charge on any atom is -0.496 e. The van der Waals surface area contributed by atoms with Gasteiger partial charge >= 0.3 is 5.97 Å². The molecule has 2 heterocycles. The van der Waals surface area contributed by atoms with Gasteiger partial charge in [-0.3, -0.25) is 24.6 Å². The van der Waals surface area contributed by atoms with Gasteiger partial charge in [0, 0.05) is 18.2 Å². The fraction of sp³-hybridized carbons (Fsp3) is 0.500. The van der Waals surface area contributed by atoms with Crippen molar-refractivity contribution < 1.29 is 23.9 Å². The van der Waals surface area contributed by atoms with Crippen LogP contribution < -0.4 is 10.1 Å². The van der Waals surface area contributed by atoms with Crippen molar-refractivity contribution in [3.63, 3.8) is 0 Å². The summed E-state index contributed by atoms with van der Waals surface area (Å²) in [7, 11) is 2.82. The average molecular weight is 346 g/mol. The summed E-state index contributed by atoms with van der Waals surface area (Å²) in [5, 5.41) is 3.19. The largest absolute Gasteiger partial charge is 0.496 e. The maximum Gasteiger partial charge on any atom is 0.326 e. The minimum atomic E-state index is -1.28. The van der Waals surface area contributed by atoms with Gasteiger partial charge in [-0.1, -0.05) is 18.2 Å². The number of benzene rings is 1. The highest BCUT2D eigenvalue weighted by molar-refractivity contribution is 6.09. The van der Waals surface area contributed by atoms with Crippen molar-refractivity contribution in [2.45, 2.75) is 25.4 Å². The van der Waals surface area contributed by atoms with Gasteiger partial charge in [-0.2, -0.15) is 0 Å². The number of likely N-dealkylation sites (tertiary alicyclic amines) is 1. The third-order valence-corrected chi connectivity index (χ3v) is 5.28. The molecule has 7 nitrogen and oxygen atoms in total. The van der Waals surface area contributed by atoms with Crippen LogP contribution in [-0.2, 0) is 19.1 Å². The molecule has 2 aliphatic heterocycles. The Morgan fingerprint density at radius 3 is 2.52 bits per heavy atom. The van der Waals surface area contributed by atoms with E-state index in [1.807, 2.05) is 18.2 Å². The summed E-state index contributed by atoms with van der Waals surface area (Å²) in [5.74, 6) is -2.04. The lowest BCUT2D eigenvalue weighted by Crippen LogP contribution is -2.53. The molecule has 0 bridgehead atoms. The number of carbonyl (C=O) groups excluding carboxylic acids is 3. The Hall–Kier alpha value is -2.41. The van der Waals surface area contributed by atoms with E-state index in [0.717, 1.165) is 5.56 Å². The summed E-state index contributed by atoms with van der Waals surface area (Å²) < 4.78 is 10.3. The third-order valence-electron chi connectivity index (χ3n) is 5.28. The third kappa shape index (κ3) is 2.33. The highest BCUT2D eigenvalue weighted by atomic mass is 16.5. The number of ether oxygens (including phenoxy) is 2. The number of methoxy groups -OCH3 is 2. The number of nitrogens with one attached hydrogen (secondary N) is 1. The molecule has 1 N–H and O–H groups in total. The predicted octanol–water partition coefficient (Wildman–Crippen LogP) is 0.892. The lowest BCUT2D eigenvalue weighted by atomic mass is 9.80. The lowest BCUT2D eigenvalue weighted by Gasteiger charge is -2.28. The van der Waals surface area contributed by atoms with Gasteiger partial charge in [0.25, 0.3) is 0 Å². The highest BCUT2D eigenvalue weighted by Crippen LogP contribution is 2.50. The van der Waals surface area contributed by atoms with E-state index in [1.165, 1.54) is 12.0 Å². The van der Waals surface area contributed by atoms with Crippen LogP contribution in [0.3, 0.4) is 0 Å². The van der Waals surface area contributed by atoms with E-state index in [2.05, 4.69) is 5.32 Å². The molecule has 25 heavy (non-hydrogen) atoms. The van der Waals surface area contributed by atoms with Gasteiger partial charge in [0.1, 0.15) is 11.3 Å². The Bertz CT molecular complexity index is 734. The molecular weight excluding hydrogens is 324 g/mol. The number of fused-ring (bicyclic) bond motifs is 1. The molecule has 0 spiro atoms. The summed E-state index contributed by atoms with van der Waals surface area (Å²) in [5.41, 5.74) is -0.534. The molecule has 2 amide bonds. The van der Waals surface area contributed by atoms with Gasteiger partial charge in [-0.25, -0.2) is 0 Å². The predicted molar refractivity (Wildman–Crippen MR) is 88.7 cm³/mol. The van der Waals surface area contributed by atoms with Gasteiger partial charge in [0.05, 0.1) is 26.1 Å². The number of imide groups is 1. The van der Waals surface area contributed by atoms with Gasteiger partial charge in [0.15, 0.2) is 0 Å². The number of rotatable bonds is 4. The summed E-state index contributed by atoms with van der Waals surface area (Å²) >= 11 is 0. The number of amides is 2. The second-order valence-corrected chi connectivity index (χ2v) is 6.48. The molecule has 2 saturated heterocycles. The van der Waals surface area contributed by atoms with Gasteiger partial charge < -0.3 is 9.47 Å². The van der Waals surface area contributed by atoms with Crippen LogP contribution in [0.25, 0.3) is 0 Å². The summed E-state index contributed by atoms with van der Waals surface area (Å²) in [6, 6.07) is 6.77. The normalized spacial score (nSPS) is 31.2. The molecule has 0 radical (unpaired) electrons. The summed E-state index contributed by atoms with van der Waals surface area (Å²) in [6.45, 7) is 3.65. The number of esters is 1. The van der Waals surface area contributed by atoms with Crippen molar-refractivity contribution in [3.05, 3.63) is 29.8 Å². The fourth-order valence-corrected chi connectivity index (χ4v) is 4.10. The molecule has 0 aromatic heterocycles. The Morgan fingerprint density at radius 1 is 1.24 bits per heavy atom. The molecule has 1 aromatic rings. The van der Waals surface area contributed by atoms with E-state index in [-0.39, 0.29) is 18.4 Å². The number of para-hydroxylation sites is 1. The molecule has 2 aliphatic rings. The van der Waals surface area contributed by atoms with E-state index in [0.29, 0.717) is 5.75 Å². The SMILES string of the molecule is CCN1C(=O)[C@H]2[C@@H](c3ccccc3OC)N[C@@](C)(C(=O)OC)[C@@H]2C1=O. The van der Waals surface area contributed by atoms with E-state index < -0.39 is 29.4 Å². The maximum atomic E-state index is 12.9. The highest BCUT2D eigenvalue weighted by Gasteiger charge is 2.66. The van der Waals surface area contributed by atoms with Crippen molar-refractivity contribution in [3.8, 4) is 5.75 Å². The van der Waals surface area contributed by atoms with Crippen LogP contribution in [0.4, 0.5) is 0 Å².